The number of aromatic nitrogens is 2. The summed E-state index contributed by atoms with van der Waals surface area (Å²) < 4.78 is 41.2. The van der Waals surface area contributed by atoms with Gasteiger partial charge in [-0.1, -0.05) is 23.2 Å². The van der Waals surface area contributed by atoms with Crippen LogP contribution in [0.5, 0.6) is 0 Å². The van der Waals surface area contributed by atoms with Crippen molar-refractivity contribution >= 4 is 40.1 Å². The lowest BCUT2D eigenvalue weighted by Gasteiger charge is -2.36. The lowest BCUT2D eigenvalue weighted by molar-refractivity contribution is -0.137. The number of carbonyl (C=O) groups is 1. The molecule has 0 bridgehead atoms. The Labute approximate surface area is 186 Å². The number of amides is 1. The monoisotopic (exact) mass is 471 g/mol. The Bertz CT molecular complexity index is 1200. The molecule has 0 radical (unpaired) electrons. The Morgan fingerprint density at radius 3 is 2.55 bits per heavy atom. The molecule has 10 heteroatoms. The van der Waals surface area contributed by atoms with Crippen LogP contribution < -0.4 is 0 Å². The molecule has 1 saturated heterocycles. The molecule has 0 aliphatic carbocycles. The van der Waals surface area contributed by atoms with Crippen LogP contribution in [0, 0.1) is 6.92 Å². The molecule has 0 saturated carbocycles. The van der Waals surface area contributed by atoms with Gasteiger partial charge in [-0.25, -0.2) is 4.98 Å². The van der Waals surface area contributed by atoms with Crippen LogP contribution in [0.25, 0.3) is 11.0 Å². The molecular weight excluding hydrogens is 454 g/mol. The normalized spacial score (nSPS) is 14.9. The van der Waals surface area contributed by atoms with E-state index in [9.17, 15) is 23.1 Å². The zero-order valence-corrected chi connectivity index (χ0v) is 18.1. The molecule has 1 aliphatic heterocycles. The third kappa shape index (κ3) is 3.88. The van der Waals surface area contributed by atoms with Crippen molar-refractivity contribution in [3.63, 3.8) is 0 Å². The second-order valence-corrected chi connectivity index (χ2v) is 8.46. The number of benzene rings is 2. The van der Waals surface area contributed by atoms with Gasteiger partial charge < -0.3 is 14.6 Å². The van der Waals surface area contributed by atoms with Gasteiger partial charge in [-0.15, -0.1) is 0 Å². The third-order valence-electron chi connectivity index (χ3n) is 5.50. The van der Waals surface area contributed by atoms with Crippen LogP contribution in [0.4, 0.5) is 13.2 Å². The molecule has 1 amide bonds. The van der Waals surface area contributed by atoms with Gasteiger partial charge in [0.05, 0.1) is 33.3 Å². The van der Waals surface area contributed by atoms with E-state index >= 15 is 0 Å². The minimum atomic E-state index is -4.46. The number of β-amino-alcohol motifs (C(OH)–C–C–N with tert-alkyl or cyclic N) is 1. The topological polar surface area (TPSA) is 58.4 Å². The fraction of sp³-hybridized carbons (Fsp3) is 0.333. The number of hydrogen-bond acceptors (Lipinski definition) is 3. The number of aliphatic hydroxyl groups excluding tert-OH is 1. The molecular formula is C21H18Cl2F3N3O2. The van der Waals surface area contributed by atoms with Crippen molar-refractivity contribution in [1.82, 2.24) is 14.5 Å². The highest BCUT2D eigenvalue weighted by Crippen LogP contribution is 2.35. The largest absolute Gasteiger partial charge is 0.416 e. The number of halogens is 5. The van der Waals surface area contributed by atoms with Gasteiger partial charge >= 0.3 is 6.18 Å². The summed E-state index contributed by atoms with van der Waals surface area (Å²) in [6.07, 6.45) is -4.87. The second-order valence-electron chi connectivity index (χ2n) is 7.67. The van der Waals surface area contributed by atoms with Crippen molar-refractivity contribution in [2.24, 2.45) is 7.05 Å². The van der Waals surface area contributed by atoms with Gasteiger partial charge in [-0.05, 0) is 42.3 Å². The van der Waals surface area contributed by atoms with Gasteiger partial charge in [-0.2, -0.15) is 13.2 Å². The average molecular weight is 472 g/mol. The second kappa shape index (κ2) is 7.69. The number of aliphatic hydroxyl groups is 1. The molecule has 5 nitrogen and oxygen atoms in total. The van der Waals surface area contributed by atoms with Crippen LogP contribution in [0.1, 0.15) is 32.9 Å². The number of nitrogens with zero attached hydrogens (tertiary/aromatic N) is 3. The van der Waals surface area contributed by atoms with Gasteiger partial charge in [0.1, 0.15) is 5.82 Å². The molecule has 0 unspecified atom stereocenters. The summed E-state index contributed by atoms with van der Waals surface area (Å²) in [4.78, 5) is 18.6. The number of likely N-dealkylation sites (tertiary alicyclic amines) is 1. The van der Waals surface area contributed by atoms with Crippen LogP contribution in [-0.2, 0) is 19.6 Å². The number of imidazole rings is 1. The minimum absolute atomic E-state index is 0.132. The van der Waals surface area contributed by atoms with E-state index in [1.807, 2.05) is 0 Å². The van der Waals surface area contributed by atoms with Gasteiger partial charge in [-0.3, -0.25) is 4.79 Å². The molecule has 1 fully saturated rings. The van der Waals surface area contributed by atoms with E-state index in [2.05, 4.69) is 4.98 Å². The van der Waals surface area contributed by atoms with Crippen molar-refractivity contribution in [2.45, 2.75) is 25.6 Å². The van der Waals surface area contributed by atoms with Gasteiger partial charge in [0.25, 0.3) is 5.91 Å². The van der Waals surface area contributed by atoms with Crippen LogP contribution in [0.3, 0.4) is 0 Å². The van der Waals surface area contributed by atoms with E-state index in [1.165, 1.54) is 11.0 Å². The van der Waals surface area contributed by atoms with Crippen LogP contribution in [0.2, 0.25) is 10.0 Å². The standard InChI is InChI=1S/C21H18Cl2F3N3O2/c1-10-5-11(21(24,25)26)6-16-19(10)27-17(28(16)2)7-14-15(22)4-3-13(18(14)23)20(31)29-8-12(30)9-29/h3-6,12,30H,7-9H2,1-2H3. The summed E-state index contributed by atoms with van der Waals surface area (Å²) in [7, 11) is 1.63. The highest BCUT2D eigenvalue weighted by atomic mass is 35.5. The van der Waals surface area contributed by atoms with E-state index in [4.69, 9.17) is 23.2 Å². The molecule has 2 aromatic carbocycles. The Morgan fingerprint density at radius 2 is 1.94 bits per heavy atom. The van der Waals surface area contributed by atoms with E-state index in [-0.39, 0.29) is 36.0 Å². The Morgan fingerprint density at radius 1 is 1.26 bits per heavy atom. The van der Waals surface area contributed by atoms with Gasteiger partial charge in [0.2, 0.25) is 0 Å². The summed E-state index contributed by atoms with van der Waals surface area (Å²) in [5, 5.41) is 9.93. The zero-order valence-electron chi connectivity index (χ0n) is 16.6. The van der Waals surface area contributed by atoms with E-state index < -0.39 is 17.8 Å². The molecule has 3 aromatic rings. The quantitative estimate of drug-likeness (QED) is 0.606. The van der Waals surface area contributed by atoms with E-state index in [1.54, 1.807) is 24.6 Å². The fourth-order valence-corrected chi connectivity index (χ4v) is 4.29. The molecule has 4 rings (SSSR count). The molecule has 1 aliphatic rings. The highest BCUT2D eigenvalue weighted by Gasteiger charge is 2.33. The summed E-state index contributed by atoms with van der Waals surface area (Å²) in [5.41, 5.74) is 1.18. The first kappa shape index (κ1) is 21.9. The molecule has 1 aromatic heterocycles. The smallest absolute Gasteiger partial charge is 0.389 e. The Hall–Kier alpha value is -2.29. The summed E-state index contributed by atoms with van der Waals surface area (Å²) in [6, 6.07) is 5.22. The van der Waals surface area contributed by atoms with Gasteiger partial charge in [0, 0.05) is 31.6 Å². The fourth-order valence-electron chi connectivity index (χ4n) is 3.70. The predicted molar refractivity (Wildman–Crippen MR) is 112 cm³/mol. The van der Waals surface area contributed by atoms with Crippen molar-refractivity contribution in [1.29, 1.82) is 0 Å². The minimum Gasteiger partial charge on any atom is -0.389 e. The molecule has 31 heavy (non-hydrogen) atoms. The number of aryl methyl sites for hydroxylation is 2. The van der Waals surface area contributed by atoms with Crippen molar-refractivity contribution < 1.29 is 23.1 Å². The molecule has 2 heterocycles. The van der Waals surface area contributed by atoms with Crippen LogP contribution in [-0.4, -0.2) is 44.7 Å². The number of alkyl halides is 3. The summed E-state index contributed by atoms with van der Waals surface area (Å²) in [5.74, 6) is 0.147. The average Bonchev–Trinajstić information content (AvgIpc) is 2.98. The zero-order chi connectivity index (χ0) is 22.7. The van der Waals surface area contributed by atoms with Crippen LogP contribution >= 0.6 is 23.2 Å². The Kier molecular flexibility index (Phi) is 5.44. The van der Waals surface area contributed by atoms with E-state index in [0.29, 0.717) is 33.0 Å². The molecule has 164 valence electrons. The number of hydrogen-bond donors (Lipinski definition) is 1. The number of rotatable bonds is 3. The van der Waals surface area contributed by atoms with Gasteiger partial charge in [0.15, 0.2) is 0 Å². The number of carbonyl (C=O) groups excluding carboxylic acids is 1. The summed E-state index contributed by atoms with van der Waals surface area (Å²) >= 11 is 12.8. The van der Waals surface area contributed by atoms with Crippen molar-refractivity contribution in [3.8, 4) is 0 Å². The first-order valence-corrected chi connectivity index (χ1v) is 10.2. The van der Waals surface area contributed by atoms with Crippen molar-refractivity contribution in [3.05, 3.63) is 62.4 Å². The lowest BCUT2D eigenvalue weighted by atomic mass is 10.0. The molecule has 0 atom stereocenters. The predicted octanol–water partition coefficient (Wildman–Crippen LogP) is 4.61. The third-order valence-corrected chi connectivity index (χ3v) is 6.28. The first-order valence-electron chi connectivity index (χ1n) is 9.44. The van der Waals surface area contributed by atoms with Crippen LogP contribution in [0.15, 0.2) is 24.3 Å². The highest BCUT2D eigenvalue weighted by molar-refractivity contribution is 6.38. The first-order chi connectivity index (χ1) is 14.5. The lowest BCUT2D eigenvalue weighted by Crippen LogP contribution is -2.53. The number of fused-ring (bicyclic) bond motifs is 1. The maximum Gasteiger partial charge on any atom is 0.416 e. The molecule has 1 N–H and O–H groups in total. The Balaban J connectivity index is 1.74. The maximum absolute atomic E-state index is 13.2. The summed E-state index contributed by atoms with van der Waals surface area (Å²) in [6.45, 7) is 2.05. The SMILES string of the molecule is Cc1cc(C(F)(F)F)cc2c1nc(Cc1c(Cl)ccc(C(=O)N3CC(O)C3)c1Cl)n2C. The van der Waals surface area contributed by atoms with E-state index in [0.717, 1.165) is 12.1 Å². The van der Waals surface area contributed by atoms with Crippen molar-refractivity contribution in [2.75, 3.05) is 13.1 Å². The maximum atomic E-state index is 13.2. The molecule has 0 spiro atoms.